The molecule has 0 unspecified atom stereocenters. The number of amides is 2. The highest BCUT2D eigenvalue weighted by Crippen LogP contribution is 2.35. The third kappa shape index (κ3) is 5.16. The van der Waals surface area contributed by atoms with E-state index >= 15 is 0 Å². The third-order valence-corrected chi connectivity index (χ3v) is 8.64. The van der Waals surface area contributed by atoms with Gasteiger partial charge in [0.05, 0.1) is 11.2 Å². The van der Waals surface area contributed by atoms with Gasteiger partial charge in [0.15, 0.2) is 0 Å². The molecular formula is C21H32N4O6S. The van der Waals surface area contributed by atoms with Crippen LogP contribution in [-0.4, -0.2) is 85.0 Å². The minimum absolute atomic E-state index is 0.0346. The average molecular weight is 469 g/mol. The van der Waals surface area contributed by atoms with Crippen LogP contribution in [0.25, 0.3) is 0 Å². The van der Waals surface area contributed by atoms with Gasteiger partial charge in [-0.05, 0) is 36.5 Å². The normalized spacial score (nSPS) is 19.8. The van der Waals surface area contributed by atoms with E-state index in [1.807, 2.05) is 12.1 Å². The number of hydroxylamine groups is 1. The Morgan fingerprint density at radius 2 is 1.72 bits per heavy atom. The molecule has 1 aromatic rings. The van der Waals surface area contributed by atoms with Gasteiger partial charge in [-0.2, -0.15) is 4.31 Å². The number of hydrogen-bond acceptors (Lipinski definition) is 6. The molecule has 32 heavy (non-hydrogen) atoms. The summed E-state index contributed by atoms with van der Waals surface area (Å²) in [6.07, 6.45) is -1.04. The highest BCUT2D eigenvalue weighted by Gasteiger charge is 2.47. The van der Waals surface area contributed by atoms with E-state index in [1.165, 1.54) is 9.87 Å². The van der Waals surface area contributed by atoms with Gasteiger partial charge in [0.25, 0.3) is 5.91 Å². The summed E-state index contributed by atoms with van der Waals surface area (Å²) in [5.41, 5.74) is 2.52. The number of anilines is 1. The summed E-state index contributed by atoms with van der Waals surface area (Å²) in [5.74, 6) is -0.837. The number of nitrogens with zero attached hydrogens (tertiary/aromatic N) is 3. The standard InChI is InChI=1S/C21H32N4O6S/c1-16(2)17-4-3-5-18(14-17)23-10-12-25(13-11-23)32(30,31)15-21(19(26)22-29)6-8-24(9-7-21)20(27)28/h3-5,14,16,29H,6-13,15H2,1-2H3,(H,22,26)(H,27,28). The van der Waals surface area contributed by atoms with Crippen molar-refractivity contribution in [3.05, 3.63) is 29.8 Å². The van der Waals surface area contributed by atoms with Crippen molar-refractivity contribution in [2.45, 2.75) is 32.6 Å². The van der Waals surface area contributed by atoms with E-state index in [0.717, 1.165) is 10.6 Å². The summed E-state index contributed by atoms with van der Waals surface area (Å²) in [6, 6.07) is 8.24. The molecule has 0 atom stereocenters. The summed E-state index contributed by atoms with van der Waals surface area (Å²) in [4.78, 5) is 26.9. The summed E-state index contributed by atoms with van der Waals surface area (Å²) < 4.78 is 27.8. The highest BCUT2D eigenvalue weighted by atomic mass is 32.2. The lowest BCUT2D eigenvalue weighted by atomic mass is 9.79. The van der Waals surface area contributed by atoms with Gasteiger partial charge in [0, 0.05) is 45.0 Å². The molecule has 2 heterocycles. The molecule has 0 aliphatic carbocycles. The van der Waals surface area contributed by atoms with Crippen LogP contribution in [0.3, 0.4) is 0 Å². The zero-order valence-corrected chi connectivity index (χ0v) is 19.3. The molecular weight excluding hydrogens is 436 g/mol. The molecule has 0 spiro atoms. The number of piperazine rings is 1. The number of benzene rings is 1. The van der Waals surface area contributed by atoms with Crippen LogP contribution in [0.15, 0.2) is 24.3 Å². The van der Waals surface area contributed by atoms with Crippen molar-refractivity contribution in [3.63, 3.8) is 0 Å². The number of carbonyl (C=O) groups excluding carboxylic acids is 1. The minimum Gasteiger partial charge on any atom is -0.465 e. The Balaban J connectivity index is 1.68. The average Bonchev–Trinajstić information content (AvgIpc) is 2.78. The molecule has 0 aromatic heterocycles. The summed E-state index contributed by atoms with van der Waals surface area (Å²) >= 11 is 0. The van der Waals surface area contributed by atoms with E-state index in [-0.39, 0.29) is 25.9 Å². The predicted molar refractivity (Wildman–Crippen MR) is 119 cm³/mol. The maximum absolute atomic E-state index is 13.2. The Morgan fingerprint density at radius 1 is 1.09 bits per heavy atom. The lowest BCUT2D eigenvalue weighted by molar-refractivity contribution is -0.141. The molecule has 10 nitrogen and oxygen atoms in total. The largest absolute Gasteiger partial charge is 0.465 e. The van der Waals surface area contributed by atoms with Crippen LogP contribution < -0.4 is 10.4 Å². The van der Waals surface area contributed by atoms with Gasteiger partial charge in [-0.25, -0.2) is 18.7 Å². The van der Waals surface area contributed by atoms with E-state index in [0.29, 0.717) is 32.1 Å². The van der Waals surface area contributed by atoms with Crippen molar-refractivity contribution >= 4 is 27.7 Å². The predicted octanol–water partition coefficient (Wildman–Crippen LogP) is 1.53. The molecule has 0 saturated carbocycles. The second kappa shape index (κ2) is 9.63. The molecule has 2 saturated heterocycles. The second-order valence-corrected chi connectivity index (χ2v) is 10.9. The second-order valence-electron chi connectivity index (χ2n) is 8.88. The topological polar surface area (TPSA) is 130 Å². The number of rotatable bonds is 6. The molecule has 11 heteroatoms. The van der Waals surface area contributed by atoms with Gasteiger partial charge in [-0.3, -0.25) is 10.0 Å². The quantitative estimate of drug-likeness (QED) is 0.426. The molecule has 2 amide bonds. The van der Waals surface area contributed by atoms with Gasteiger partial charge >= 0.3 is 6.09 Å². The fraction of sp³-hybridized carbons (Fsp3) is 0.619. The smallest absolute Gasteiger partial charge is 0.407 e. The van der Waals surface area contributed by atoms with Gasteiger partial charge in [0.1, 0.15) is 0 Å². The van der Waals surface area contributed by atoms with E-state index in [4.69, 9.17) is 5.11 Å². The molecule has 0 radical (unpaired) electrons. The summed E-state index contributed by atoms with van der Waals surface area (Å²) in [7, 11) is -3.79. The van der Waals surface area contributed by atoms with Crippen LogP contribution in [0.5, 0.6) is 0 Å². The Labute approximate surface area is 188 Å². The molecule has 2 aliphatic rings. The van der Waals surface area contributed by atoms with Crippen LogP contribution in [-0.2, 0) is 14.8 Å². The molecule has 2 fully saturated rings. The van der Waals surface area contributed by atoms with E-state index in [2.05, 4.69) is 30.9 Å². The molecule has 0 bridgehead atoms. The Bertz CT molecular complexity index is 935. The lowest BCUT2D eigenvalue weighted by Gasteiger charge is -2.41. The summed E-state index contributed by atoms with van der Waals surface area (Å²) in [5, 5.41) is 18.4. The minimum atomic E-state index is -3.79. The fourth-order valence-electron chi connectivity index (χ4n) is 4.43. The monoisotopic (exact) mass is 468 g/mol. The lowest BCUT2D eigenvalue weighted by Crippen LogP contribution is -2.56. The number of carbonyl (C=O) groups is 2. The number of nitrogens with one attached hydrogen (secondary N) is 1. The molecule has 1 aromatic carbocycles. The number of likely N-dealkylation sites (tertiary alicyclic amines) is 1. The first kappa shape index (κ1) is 24.3. The van der Waals surface area contributed by atoms with Crippen molar-refractivity contribution in [2.24, 2.45) is 5.41 Å². The number of piperidine rings is 1. The van der Waals surface area contributed by atoms with Crippen molar-refractivity contribution in [2.75, 3.05) is 49.9 Å². The first-order valence-electron chi connectivity index (χ1n) is 10.8. The Hall–Kier alpha value is -2.37. The number of carboxylic acid groups (broad SMARTS) is 1. The SMILES string of the molecule is CC(C)c1cccc(N2CCN(S(=O)(=O)CC3(C(=O)NO)CCN(C(=O)O)CC3)CC2)c1. The maximum Gasteiger partial charge on any atom is 0.407 e. The van der Waals surface area contributed by atoms with Crippen LogP contribution in [0.2, 0.25) is 0 Å². The van der Waals surface area contributed by atoms with Gasteiger partial charge in [-0.1, -0.05) is 26.0 Å². The number of hydrogen-bond donors (Lipinski definition) is 3. The number of sulfonamides is 1. The van der Waals surface area contributed by atoms with Crippen LogP contribution in [0.1, 0.15) is 38.2 Å². The van der Waals surface area contributed by atoms with E-state index < -0.39 is 33.2 Å². The van der Waals surface area contributed by atoms with Gasteiger partial charge < -0.3 is 14.9 Å². The molecule has 3 N–H and O–H groups in total. The zero-order valence-electron chi connectivity index (χ0n) is 18.5. The van der Waals surface area contributed by atoms with Crippen molar-refractivity contribution in [1.82, 2.24) is 14.7 Å². The van der Waals surface area contributed by atoms with Gasteiger partial charge in [-0.15, -0.1) is 0 Å². The van der Waals surface area contributed by atoms with Crippen molar-refractivity contribution in [3.8, 4) is 0 Å². The third-order valence-electron chi connectivity index (χ3n) is 6.57. The van der Waals surface area contributed by atoms with Crippen LogP contribution in [0, 0.1) is 5.41 Å². The van der Waals surface area contributed by atoms with Crippen LogP contribution >= 0.6 is 0 Å². The Morgan fingerprint density at radius 3 is 2.25 bits per heavy atom. The molecule has 178 valence electrons. The first-order valence-corrected chi connectivity index (χ1v) is 12.4. The van der Waals surface area contributed by atoms with Crippen molar-refractivity contribution < 1.29 is 28.3 Å². The van der Waals surface area contributed by atoms with E-state index in [1.54, 1.807) is 5.48 Å². The Kier molecular flexibility index (Phi) is 7.31. The van der Waals surface area contributed by atoms with Crippen LogP contribution in [0.4, 0.5) is 10.5 Å². The van der Waals surface area contributed by atoms with E-state index in [9.17, 15) is 23.2 Å². The van der Waals surface area contributed by atoms with Crippen molar-refractivity contribution in [1.29, 1.82) is 0 Å². The highest BCUT2D eigenvalue weighted by molar-refractivity contribution is 7.89. The molecule has 3 rings (SSSR count). The summed E-state index contributed by atoms with van der Waals surface area (Å²) in [6.45, 7) is 6.00. The molecule has 2 aliphatic heterocycles. The van der Waals surface area contributed by atoms with Gasteiger partial charge in [0.2, 0.25) is 10.0 Å². The fourth-order valence-corrected chi connectivity index (χ4v) is 6.45. The first-order chi connectivity index (χ1) is 15.1. The zero-order chi connectivity index (χ0) is 23.5. The maximum atomic E-state index is 13.2.